The summed E-state index contributed by atoms with van der Waals surface area (Å²) in [7, 11) is 0. The van der Waals surface area contributed by atoms with Crippen molar-refractivity contribution in [1.82, 2.24) is 0 Å². The number of aliphatic hydroxyl groups is 2. The molecule has 0 saturated heterocycles. The van der Waals surface area contributed by atoms with E-state index >= 15 is 0 Å². The Balaban J connectivity index is 0. The van der Waals surface area contributed by atoms with E-state index in [1.807, 2.05) is 0 Å². The largest absolute Gasteiger partial charge is 2.00 e. The van der Waals surface area contributed by atoms with Crippen molar-refractivity contribution in [3.63, 3.8) is 0 Å². The number of hydrogen-bond donors (Lipinski definition) is 2. The molecule has 0 spiro atoms. The second-order valence-electron chi connectivity index (χ2n) is 9.34. The third-order valence-electron chi connectivity index (χ3n) is 5.97. The number of carboxylic acids is 2. The maximum Gasteiger partial charge on any atom is 2.00 e. The molecule has 9 heteroatoms. The number of unbranched alkanes of at least 4 members (excludes halogenated alkanes) is 14. The van der Waals surface area contributed by atoms with Gasteiger partial charge in [0.2, 0.25) is 0 Å². The summed E-state index contributed by atoms with van der Waals surface area (Å²) in [6.07, 6.45) is 18.7. The Morgan fingerprint density at radius 1 is 0.763 bits per heavy atom. The van der Waals surface area contributed by atoms with Crippen molar-refractivity contribution < 1.29 is 39.5 Å². The molecule has 1 unspecified atom stereocenters. The predicted molar refractivity (Wildman–Crippen MR) is 144 cm³/mol. The van der Waals surface area contributed by atoms with Crippen LogP contribution in [0.15, 0.2) is 24.3 Å². The molecule has 1 aromatic carbocycles. The van der Waals surface area contributed by atoms with E-state index in [2.05, 4.69) is 11.7 Å². The van der Waals surface area contributed by atoms with Crippen LogP contribution in [0.1, 0.15) is 130 Å². The number of ether oxygens (including phenoxy) is 1. The zero-order valence-corrected chi connectivity index (χ0v) is 25.4. The average Bonchev–Trinajstić information content (AvgIpc) is 2.89. The second kappa shape index (κ2) is 27.4. The van der Waals surface area contributed by atoms with E-state index in [9.17, 15) is 24.6 Å². The second-order valence-corrected chi connectivity index (χ2v) is 9.34. The van der Waals surface area contributed by atoms with Crippen LogP contribution in [0.4, 0.5) is 0 Å². The van der Waals surface area contributed by atoms with Gasteiger partial charge in [-0.1, -0.05) is 115 Å². The van der Waals surface area contributed by atoms with Gasteiger partial charge in [-0.2, -0.15) is 0 Å². The summed E-state index contributed by atoms with van der Waals surface area (Å²) in [5.41, 5.74) is -0.436. The van der Waals surface area contributed by atoms with Crippen molar-refractivity contribution in [2.24, 2.45) is 0 Å². The van der Waals surface area contributed by atoms with Crippen molar-refractivity contribution >= 4 is 55.6 Å². The molecular formula is C29H46CaO8. The maximum absolute atomic E-state index is 11.5. The molecule has 1 atom stereocenters. The Morgan fingerprint density at radius 3 is 1.58 bits per heavy atom. The number of benzene rings is 1. The van der Waals surface area contributed by atoms with Gasteiger partial charge in [-0.15, -0.1) is 0 Å². The zero-order valence-electron chi connectivity index (χ0n) is 23.2. The van der Waals surface area contributed by atoms with E-state index < -0.39 is 37.2 Å². The molecule has 0 saturated carbocycles. The Bertz CT molecular complexity index is 741. The third-order valence-corrected chi connectivity index (χ3v) is 5.97. The number of hydrogen-bond acceptors (Lipinski definition) is 8. The third kappa shape index (κ3) is 22.8. The van der Waals surface area contributed by atoms with Gasteiger partial charge >= 0.3 is 43.7 Å². The summed E-state index contributed by atoms with van der Waals surface area (Å²) in [6, 6.07) is 5.42. The van der Waals surface area contributed by atoms with Crippen molar-refractivity contribution in [1.29, 1.82) is 0 Å². The first kappa shape index (κ1) is 39.0. The molecule has 0 aliphatic rings. The van der Waals surface area contributed by atoms with E-state index in [0.29, 0.717) is 0 Å². The van der Waals surface area contributed by atoms with Gasteiger partial charge in [-0.05, 0) is 18.9 Å². The summed E-state index contributed by atoms with van der Waals surface area (Å²) < 4.78 is 4.63. The van der Waals surface area contributed by atoms with Crippen LogP contribution in [0, 0.1) is 0 Å². The number of carboxylic acid groups (broad SMARTS) is 2. The molecule has 0 aromatic heterocycles. The fraction of sp³-hybridized carbons (Fsp3) is 0.690. The fourth-order valence-electron chi connectivity index (χ4n) is 3.78. The number of aliphatic carboxylic acids is 1. The minimum absolute atomic E-state index is 0. The Labute approximate surface area is 258 Å². The van der Waals surface area contributed by atoms with Crippen molar-refractivity contribution in [2.75, 3.05) is 13.2 Å². The first-order valence-corrected chi connectivity index (χ1v) is 13.8. The Morgan fingerprint density at radius 2 is 1.18 bits per heavy atom. The van der Waals surface area contributed by atoms with E-state index in [-0.39, 0.29) is 55.3 Å². The van der Waals surface area contributed by atoms with Crippen LogP contribution in [-0.2, 0) is 9.53 Å². The summed E-state index contributed by atoms with van der Waals surface area (Å²) in [5.74, 6) is -3.28. The number of aromatic carboxylic acids is 1. The summed E-state index contributed by atoms with van der Waals surface area (Å²) in [6.45, 7) is 1.31. The van der Waals surface area contributed by atoms with Crippen LogP contribution < -0.4 is 10.2 Å². The standard InChI is InChI=1S/C18H36O2.C11H12O6.Ca/c1-2-3-4-5-6-7-8-9-10-11-12-13-14-15-16-17-18(19)20;12-5-7(13)6-17-11(16)9-4-2-1-3-8(9)10(14)15;/h2-17H2,1H3,(H,19,20);1-4,7,12-13H,5-6H2,(H,14,15);/q;;+2/p-2. The molecule has 0 bridgehead atoms. The van der Waals surface area contributed by atoms with Gasteiger partial charge in [-0.3, -0.25) is 0 Å². The van der Waals surface area contributed by atoms with Crippen molar-refractivity contribution in [3.05, 3.63) is 35.4 Å². The Hall–Kier alpha value is -1.19. The topological polar surface area (TPSA) is 147 Å². The van der Waals surface area contributed by atoms with Gasteiger partial charge in [0, 0.05) is 11.5 Å². The molecule has 212 valence electrons. The predicted octanol–water partition coefficient (Wildman–Crippen LogP) is 3.18. The first-order valence-electron chi connectivity index (χ1n) is 13.8. The summed E-state index contributed by atoms with van der Waals surface area (Å²) in [4.78, 5) is 32.4. The Kier molecular flexibility index (Phi) is 28.1. The normalized spacial score (nSPS) is 11.0. The number of carbonyl (C=O) groups excluding carboxylic acids is 3. The molecule has 8 nitrogen and oxygen atoms in total. The first-order chi connectivity index (χ1) is 17.8. The van der Waals surface area contributed by atoms with E-state index in [4.69, 9.17) is 10.2 Å². The zero-order chi connectivity index (χ0) is 27.7. The van der Waals surface area contributed by atoms with Crippen molar-refractivity contribution in [3.8, 4) is 0 Å². The summed E-state index contributed by atoms with van der Waals surface area (Å²) in [5, 5.41) is 38.4. The van der Waals surface area contributed by atoms with Crippen LogP contribution in [0.5, 0.6) is 0 Å². The van der Waals surface area contributed by atoms with Gasteiger partial charge in [-0.25, -0.2) is 4.79 Å². The van der Waals surface area contributed by atoms with Crippen LogP contribution in [0.2, 0.25) is 0 Å². The number of carbonyl (C=O) groups is 3. The summed E-state index contributed by atoms with van der Waals surface area (Å²) >= 11 is 0. The molecule has 0 heterocycles. The minimum Gasteiger partial charge on any atom is -0.550 e. The number of esters is 1. The molecule has 0 amide bonds. The maximum atomic E-state index is 11.5. The van der Waals surface area contributed by atoms with Gasteiger partial charge in [0.05, 0.1) is 18.1 Å². The average molecular weight is 563 g/mol. The van der Waals surface area contributed by atoms with Crippen LogP contribution in [0.3, 0.4) is 0 Å². The van der Waals surface area contributed by atoms with Gasteiger partial charge in [0.1, 0.15) is 12.7 Å². The van der Waals surface area contributed by atoms with Crippen molar-refractivity contribution in [2.45, 2.75) is 116 Å². The molecular weight excluding hydrogens is 516 g/mol. The van der Waals surface area contributed by atoms with Crippen LogP contribution >= 0.6 is 0 Å². The molecule has 2 N–H and O–H groups in total. The van der Waals surface area contributed by atoms with Gasteiger partial charge in [0.25, 0.3) is 0 Å². The minimum atomic E-state index is -1.49. The molecule has 0 aliphatic carbocycles. The van der Waals surface area contributed by atoms with E-state index in [0.717, 1.165) is 12.8 Å². The number of rotatable bonds is 21. The molecule has 1 aromatic rings. The quantitative estimate of drug-likeness (QED) is 0.132. The van der Waals surface area contributed by atoms with Gasteiger partial charge < -0.3 is 34.8 Å². The smallest absolute Gasteiger partial charge is 0.550 e. The molecule has 38 heavy (non-hydrogen) atoms. The monoisotopic (exact) mass is 562 g/mol. The van der Waals surface area contributed by atoms with Crippen LogP contribution in [-0.4, -0.2) is 85.2 Å². The van der Waals surface area contributed by atoms with E-state index in [1.54, 1.807) is 0 Å². The molecule has 0 fully saturated rings. The van der Waals surface area contributed by atoms with Gasteiger partial charge in [0.15, 0.2) is 0 Å². The van der Waals surface area contributed by atoms with E-state index in [1.165, 1.54) is 108 Å². The molecule has 0 aliphatic heterocycles. The fourth-order valence-corrected chi connectivity index (χ4v) is 3.78. The SMILES string of the molecule is CCCCCCCCCCCCCCCCCC(=O)[O-].O=C([O-])c1ccccc1C(=O)OCC(O)CO.[Ca+2]. The van der Waals surface area contributed by atoms with Crippen LogP contribution in [0.25, 0.3) is 0 Å². The number of aliphatic hydroxyl groups excluding tert-OH is 2. The molecule has 0 radical (unpaired) electrons. The molecule has 1 rings (SSSR count).